The number of benzene rings is 2. The van der Waals surface area contributed by atoms with E-state index in [0.29, 0.717) is 11.3 Å². The van der Waals surface area contributed by atoms with Crippen molar-refractivity contribution in [1.82, 2.24) is 4.90 Å². The van der Waals surface area contributed by atoms with E-state index in [1.165, 1.54) is 0 Å². The smallest absolute Gasteiger partial charge is 0.258 e. The molecule has 0 unspecified atom stereocenters. The average molecular weight is 353 g/mol. The van der Waals surface area contributed by atoms with Crippen molar-refractivity contribution in [3.8, 4) is 5.75 Å². The maximum Gasteiger partial charge on any atom is 0.258 e. The number of amides is 2. The highest BCUT2D eigenvalue weighted by Crippen LogP contribution is 2.35. The second kappa shape index (κ2) is 7.47. The predicted octanol–water partition coefficient (Wildman–Crippen LogP) is 2.92. The van der Waals surface area contributed by atoms with E-state index >= 15 is 0 Å². The molecular weight excluding hydrogens is 330 g/mol. The number of para-hydroxylation sites is 1. The highest BCUT2D eigenvalue weighted by molar-refractivity contribution is 6.01. The highest BCUT2D eigenvalue weighted by atomic mass is 16.5. The Morgan fingerprint density at radius 2 is 1.92 bits per heavy atom. The lowest BCUT2D eigenvalue weighted by Crippen LogP contribution is -2.47. The number of nitrogens with zero attached hydrogens (tertiary/aromatic N) is 1. The van der Waals surface area contributed by atoms with E-state index < -0.39 is 5.91 Å². The lowest BCUT2D eigenvalue weighted by Gasteiger charge is -2.41. The maximum atomic E-state index is 13.1. The third-order valence-electron chi connectivity index (χ3n) is 4.60. The summed E-state index contributed by atoms with van der Waals surface area (Å²) < 4.78 is 5.31. The SMILES string of the molecule is CC[C@@H](C)N1C(=O)c2ccccc2N[C@@H]1c1ccc(OCC(N)=O)cc1. The summed E-state index contributed by atoms with van der Waals surface area (Å²) in [5.74, 6) is 0.0612. The third kappa shape index (κ3) is 3.49. The number of carbonyl (C=O) groups excluding carboxylic acids is 2. The normalized spacial score (nSPS) is 17.2. The van der Waals surface area contributed by atoms with Gasteiger partial charge in [0.05, 0.1) is 5.56 Å². The van der Waals surface area contributed by atoms with E-state index in [9.17, 15) is 9.59 Å². The van der Waals surface area contributed by atoms with Gasteiger partial charge in [-0.05, 0) is 43.2 Å². The summed E-state index contributed by atoms with van der Waals surface area (Å²) in [6, 6.07) is 15.0. The van der Waals surface area contributed by atoms with Gasteiger partial charge in [-0.25, -0.2) is 0 Å². The molecule has 1 aliphatic rings. The summed E-state index contributed by atoms with van der Waals surface area (Å²) in [6.07, 6.45) is 0.587. The average Bonchev–Trinajstić information content (AvgIpc) is 2.66. The zero-order valence-corrected chi connectivity index (χ0v) is 14.9. The molecule has 1 heterocycles. The van der Waals surface area contributed by atoms with Gasteiger partial charge in [-0.15, -0.1) is 0 Å². The molecule has 0 aliphatic carbocycles. The number of fused-ring (bicyclic) bond motifs is 1. The standard InChI is InChI=1S/C20H23N3O3/c1-3-13(2)23-19(22-17-7-5-4-6-16(17)20(23)25)14-8-10-15(11-9-14)26-12-18(21)24/h4-11,13,19,22H,3,12H2,1-2H3,(H2,21,24)/t13-,19+/m1/s1. The fourth-order valence-electron chi connectivity index (χ4n) is 3.06. The predicted molar refractivity (Wildman–Crippen MR) is 99.9 cm³/mol. The van der Waals surface area contributed by atoms with Crippen molar-refractivity contribution in [1.29, 1.82) is 0 Å². The second-order valence-corrected chi connectivity index (χ2v) is 6.39. The number of ether oxygens (including phenoxy) is 1. The van der Waals surface area contributed by atoms with Crippen molar-refractivity contribution in [2.75, 3.05) is 11.9 Å². The molecule has 3 N–H and O–H groups in total. The van der Waals surface area contributed by atoms with E-state index in [2.05, 4.69) is 12.2 Å². The Balaban J connectivity index is 1.91. The molecule has 2 aromatic rings. The zero-order valence-electron chi connectivity index (χ0n) is 14.9. The number of primary amides is 1. The van der Waals surface area contributed by atoms with Crippen LogP contribution in [0.15, 0.2) is 48.5 Å². The first-order valence-electron chi connectivity index (χ1n) is 8.70. The molecule has 0 bridgehead atoms. The first-order valence-corrected chi connectivity index (χ1v) is 8.70. The van der Waals surface area contributed by atoms with Crippen LogP contribution in [0.2, 0.25) is 0 Å². The minimum absolute atomic E-state index is 0.0211. The van der Waals surface area contributed by atoms with Crippen LogP contribution in [0.5, 0.6) is 5.75 Å². The Hall–Kier alpha value is -3.02. The van der Waals surface area contributed by atoms with Crippen LogP contribution in [0, 0.1) is 0 Å². The van der Waals surface area contributed by atoms with E-state index in [1.54, 1.807) is 12.1 Å². The summed E-state index contributed by atoms with van der Waals surface area (Å²) in [5, 5.41) is 3.47. The van der Waals surface area contributed by atoms with Crippen molar-refractivity contribution in [3.05, 3.63) is 59.7 Å². The number of nitrogens with one attached hydrogen (secondary N) is 1. The van der Waals surface area contributed by atoms with Gasteiger partial charge >= 0.3 is 0 Å². The molecule has 136 valence electrons. The van der Waals surface area contributed by atoms with Crippen LogP contribution in [0.3, 0.4) is 0 Å². The van der Waals surface area contributed by atoms with Gasteiger partial charge in [0.1, 0.15) is 11.9 Å². The van der Waals surface area contributed by atoms with Crippen LogP contribution in [0.4, 0.5) is 5.69 Å². The molecular formula is C20H23N3O3. The number of carbonyl (C=O) groups is 2. The van der Waals surface area contributed by atoms with Gasteiger partial charge in [-0.1, -0.05) is 31.2 Å². The molecule has 26 heavy (non-hydrogen) atoms. The summed E-state index contributed by atoms with van der Waals surface area (Å²) in [5.41, 5.74) is 7.56. The van der Waals surface area contributed by atoms with Gasteiger partial charge in [-0.2, -0.15) is 0 Å². The van der Waals surface area contributed by atoms with Gasteiger partial charge in [0.25, 0.3) is 11.8 Å². The molecule has 6 heteroatoms. The Kier molecular flexibility index (Phi) is 5.11. The molecule has 3 rings (SSSR count). The molecule has 2 aromatic carbocycles. The number of hydrogen-bond acceptors (Lipinski definition) is 4. The summed E-state index contributed by atoms with van der Waals surface area (Å²) in [4.78, 5) is 25.8. The molecule has 0 saturated carbocycles. The minimum Gasteiger partial charge on any atom is -0.484 e. The Morgan fingerprint density at radius 3 is 2.58 bits per heavy atom. The van der Waals surface area contributed by atoms with Gasteiger partial charge in [0.2, 0.25) is 0 Å². The summed E-state index contributed by atoms with van der Waals surface area (Å²) in [7, 11) is 0. The maximum absolute atomic E-state index is 13.1. The largest absolute Gasteiger partial charge is 0.484 e. The summed E-state index contributed by atoms with van der Waals surface area (Å²) >= 11 is 0. The Bertz CT molecular complexity index is 804. The van der Waals surface area contributed by atoms with Crippen molar-refractivity contribution >= 4 is 17.5 Å². The van der Waals surface area contributed by atoms with Crippen LogP contribution in [-0.2, 0) is 4.79 Å². The van der Waals surface area contributed by atoms with Crippen molar-refractivity contribution in [2.24, 2.45) is 5.73 Å². The molecule has 0 radical (unpaired) electrons. The Labute approximate surface area is 152 Å². The fourth-order valence-corrected chi connectivity index (χ4v) is 3.06. The lowest BCUT2D eigenvalue weighted by molar-refractivity contribution is -0.119. The lowest BCUT2D eigenvalue weighted by atomic mass is 10.0. The van der Waals surface area contributed by atoms with Crippen molar-refractivity contribution < 1.29 is 14.3 Å². The van der Waals surface area contributed by atoms with Gasteiger partial charge in [0, 0.05) is 11.7 Å². The molecule has 0 spiro atoms. The highest BCUT2D eigenvalue weighted by Gasteiger charge is 2.35. The van der Waals surface area contributed by atoms with Crippen LogP contribution in [0.1, 0.15) is 42.4 Å². The van der Waals surface area contributed by atoms with Crippen LogP contribution in [0.25, 0.3) is 0 Å². The van der Waals surface area contributed by atoms with E-state index in [-0.39, 0.29) is 24.7 Å². The first kappa shape index (κ1) is 17.8. The molecule has 0 fully saturated rings. The van der Waals surface area contributed by atoms with E-state index in [1.807, 2.05) is 48.2 Å². The molecule has 2 amide bonds. The monoisotopic (exact) mass is 353 g/mol. The zero-order chi connectivity index (χ0) is 18.7. The number of nitrogens with two attached hydrogens (primary N) is 1. The quantitative estimate of drug-likeness (QED) is 0.836. The number of hydrogen-bond donors (Lipinski definition) is 2. The first-order chi connectivity index (χ1) is 12.5. The Morgan fingerprint density at radius 1 is 1.23 bits per heavy atom. The molecule has 6 nitrogen and oxygen atoms in total. The van der Waals surface area contributed by atoms with Gasteiger partial charge < -0.3 is 20.7 Å². The number of anilines is 1. The third-order valence-corrected chi connectivity index (χ3v) is 4.60. The van der Waals surface area contributed by atoms with Crippen LogP contribution < -0.4 is 15.8 Å². The topological polar surface area (TPSA) is 84.7 Å². The van der Waals surface area contributed by atoms with E-state index in [4.69, 9.17) is 10.5 Å². The van der Waals surface area contributed by atoms with Crippen molar-refractivity contribution in [2.45, 2.75) is 32.5 Å². The molecule has 2 atom stereocenters. The molecule has 0 aromatic heterocycles. The molecule has 1 aliphatic heterocycles. The number of rotatable bonds is 6. The van der Waals surface area contributed by atoms with Gasteiger partial charge in [-0.3, -0.25) is 9.59 Å². The van der Waals surface area contributed by atoms with Crippen LogP contribution in [-0.4, -0.2) is 29.4 Å². The van der Waals surface area contributed by atoms with Gasteiger partial charge in [0.15, 0.2) is 6.61 Å². The van der Waals surface area contributed by atoms with E-state index in [0.717, 1.165) is 17.7 Å². The van der Waals surface area contributed by atoms with Crippen LogP contribution >= 0.6 is 0 Å². The van der Waals surface area contributed by atoms with Crippen molar-refractivity contribution in [3.63, 3.8) is 0 Å². The summed E-state index contributed by atoms with van der Waals surface area (Å²) in [6.45, 7) is 3.95. The molecule has 0 saturated heterocycles. The second-order valence-electron chi connectivity index (χ2n) is 6.39. The minimum atomic E-state index is -0.520. The fraction of sp³-hybridized carbons (Fsp3) is 0.300.